The number of fused-ring (bicyclic) bond motifs is 1. The Hall–Kier alpha value is -6.34. The number of rotatable bonds is 14. The van der Waals surface area contributed by atoms with Crippen LogP contribution in [0, 0.1) is 23.0 Å². The van der Waals surface area contributed by atoms with Gasteiger partial charge in [-0.3, -0.25) is 24.1 Å². The summed E-state index contributed by atoms with van der Waals surface area (Å²) in [7, 11) is 0. The van der Waals surface area contributed by atoms with E-state index in [-0.39, 0.29) is 46.0 Å². The van der Waals surface area contributed by atoms with Crippen molar-refractivity contribution in [1.82, 2.24) is 15.5 Å². The number of H-pyrrole nitrogens is 1. The molecule has 16 heteroatoms. The topological polar surface area (TPSA) is 139 Å². The summed E-state index contributed by atoms with van der Waals surface area (Å²) >= 11 is 5.52. The highest BCUT2D eigenvalue weighted by atomic mass is 32.1. The molecular weight excluding hydrogens is 792 g/mol. The number of carbonyl (C=O) groups excluding carboxylic acids is 3. The Morgan fingerprint density at radius 1 is 0.864 bits per heavy atom. The number of hydrogen-bond acceptors (Lipinski definition) is 7. The molecule has 0 atom stereocenters. The van der Waals surface area contributed by atoms with Crippen LogP contribution in [0.5, 0.6) is 0 Å². The van der Waals surface area contributed by atoms with Crippen molar-refractivity contribution in [2.75, 3.05) is 16.3 Å². The van der Waals surface area contributed by atoms with Crippen molar-refractivity contribution < 1.29 is 36.3 Å². The number of anilines is 2. The van der Waals surface area contributed by atoms with Gasteiger partial charge < -0.3 is 10.2 Å². The molecule has 2 heterocycles. The highest BCUT2D eigenvalue weighted by Crippen LogP contribution is 2.40. The Morgan fingerprint density at radius 2 is 1.56 bits per heavy atom. The third-order valence-corrected chi connectivity index (χ3v) is 10.5. The lowest BCUT2D eigenvalue weighted by Crippen LogP contribution is -2.44. The zero-order valence-corrected chi connectivity index (χ0v) is 32.7. The summed E-state index contributed by atoms with van der Waals surface area (Å²) in [6, 6.07) is 19.3. The summed E-state index contributed by atoms with van der Waals surface area (Å²) in [5.74, 6) is -3.19. The highest BCUT2D eigenvalue weighted by molar-refractivity contribution is 7.81. The molecule has 1 saturated heterocycles. The molecule has 1 fully saturated rings. The predicted octanol–water partition coefficient (Wildman–Crippen LogP) is 8.55. The molecule has 0 radical (unpaired) electrons. The van der Waals surface area contributed by atoms with E-state index in [0.29, 0.717) is 60.3 Å². The van der Waals surface area contributed by atoms with Gasteiger partial charge in [-0.2, -0.15) is 23.5 Å². The molecule has 1 aromatic heterocycles. The number of aromatic nitrogens is 2. The number of nitrogens with zero attached hydrogens (tertiary/aromatic N) is 4. The number of carbonyl (C=O) groups is 3. The van der Waals surface area contributed by atoms with E-state index in [1.165, 1.54) is 55.1 Å². The van der Waals surface area contributed by atoms with Gasteiger partial charge in [-0.25, -0.2) is 13.9 Å². The molecule has 59 heavy (non-hydrogen) atoms. The van der Waals surface area contributed by atoms with E-state index in [0.717, 1.165) is 23.5 Å². The zero-order chi connectivity index (χ0) is 42.6. The van der Waals surface area contributed by atoms with Crippen molar-refractivity contribution >= 4 is 57.1 Å². The van der Waals surface area contributed by atoms with Crippen molar-refractivity contribution in [3.05, 3.63) is 134 Å². The molecule has 1 aliphatic heterocycles. The van der Waals surface area contributed by atoms with Crippen LogP contribution in [-0.2, 0) is 17.4 Å². The first-order valence-corrected chi connectivity index (χ1v) is 19.1. The fraction of sp³-hybridized carbons (Fsp3) is 0.279. The highest BCUT2D eigenvalue weighted by Gasteiger charge is 2.51. The van der Waals surface area contributed by atoms with Crippen LogP contribution in [0.15, 0.2) is 83.7 Å². The van der Waals surface area contributed by atoms with Gasteiger partial charge in [0.15, 0.2) is 10.9 Å². The first kappa shape index (κ1) is 42.3. The number of benzene rings is 4. The Morgan fingerprint density at radius 3 is 2.27 bits per heavy atom. The molecule has 0 saturated carbocycles. The molecule has 0 bridgehead atoms. The van der Waals surface area contributed by atoms with E-state index in [1.807, 2.05) is 0 Å². The molecule has 0 unspecified atom stereocenters. The fourth-order valence-corrected chi connectivity index (χ4v) is 7.58. The smallest absolute Gasteiger partial charge is 0.352 e. The largest absolute Gasteiger partial charge is 0.417 e. The SMILES string of the molecule is CC1(C)C(=O)N(c2ccc(C#N)c(C(F)(F)F)c2)C(=S)N1c1ccc(C(=O)CCCCCCCNC(=O)c2cc(Cc3n[nH]c(=O)c4ccccc34)ccc2F)c(F)c1. The van der Waals surface area contributed by atoms with Gasteiger partial charge in [-0.05, 0) is 99.1 Å². The molecule has 304 valence electrons. The van der Waals surface area contributed by atoms with Gasteiger partial charge in [0.2, 0.25) is 0 Å². The summed E-state index contributed by atoms with van der Waals surface area (Å²) < 4.78 is 71.1. The fourth-order valence-electron chi connectivity index (χ4n) is 7.06. The summed E-state index contributed by atoms with van der Waals surface area (Å²) in [6.45, 7) is 3.27. The summed E-state index contributed by atoms with van der Waals surface area (Å²) in [4.78, 5) is 53.6. The maximum Gasteiger partial charge on any atom is 0.417 e. The average Bonchev–Trinajstić information content (AvgIpc) is 3.38. The van der Waals surface area contributed by atoms with Gasteiger partial charge in [-0.1, -0.05) is 43.5 Å². The minimum atomic E-state index is -4.87. The van der Waals surface area contributed by atoms with Crippen LogP contribution in [0.3, 0.4) is 0 Å². The predicted molar refractivity (Wildman–Crippen MR) is 215 cm³/mol. The molecule has 10 nitrogen and oxygen atoms in total. The standard InChI is InChI=1S/C43H37F5N6O4S/c1-42(2)40(58)53(27-15-14-26(24-49)33(22-27)43(46,47)48)41(59)54(42)28-16-17-31(35(45)23-28)37(55)12-6-4-3-5-9-19-50-38(56)32-20-25(13-18-34(32)44)21-36-29-10-7-8-11-30(29)39(57)52-51-36/h7-8,10-11,13-18,20,22-23H,3-6,9,12,19,21H2,1-2H3,(H,50,56)(H,52,57). The normalized spacial score (nSPS) is 13.9. The lowest BCUT2D eigenvalue weighted by atomic mass is 10.0. The van der Waals surface area contributed by atoms with Gasteiger partial charge in [-0.15, -0.1) is 0 Å². The summed E-state index contributed by atoms with van der Waals surface area (Å²) in [6.07, 6.45) is -1.36. The van der Waals surface area contributed by atoms with E-state index in [1.54, 1.807) is 30.3 Å². The molecule has 0 spiro atoms. The van der Waals surface area contributed by atoms with Crippen molar-refractivity contribution in [2.45, 2.75) is 70.5 Å². The Kier molecular flexibility index (Phi) is 12.4. The molecule has 0 aliphatic carbocycles. The van der Waals surface area contributed by atoms with Crippen LogP contribution >= 0.6 is 12.2 Å². The number of unbranched alkanes of at least 4 members (excludes halogenated alkanes) is 4. The van der Waals surface area contributed by atoms with Gasteiger partial charge in [0, 0.05) is 30.5 Å². The maximum absolute atomic E-state index is 15.4. The molecule has 2 amide bonds. The monoisotopic (exact) mass is 828 g/mol. The van der Waals surface area contributed by atoms with E-state index in [4.69, 9.17) is 17.5 Å². The van der Waals surface area contributed by atoms with Crippen LogP contribution in [-0.4, -0.2) is 45.0 Å². The van der Waals surface area contributed by atoms with Crippen LogP contribution in [0.25, 0.3) is 10.8 Å². The second-order valence-electron chi connectivity index (χ2n) is 14.6. The number of nitrogens with one attached hydrogen (secondary N) is 2. The van der Waals surface area contributed by atoms with Crippen LogP contribution in [0.1, 0.15) is 95.5 Å². The number of thiocarbonyl (C=S) groups is 1. The molecule has 1 aliphatic rings. The molecule has 4 aromatic carbocycles. The first-order valence-electron chi connectivity index (χ1n) is 18.7. The quantitative estimate of drug-likeness (QED) is 0.0492. The number of hydrogen-bond donors (Lipinski definition) is 2. The second kappa shape index (κ2) is 17.3. The number of halogens is 5. The first-order chi connectivity index (χ1) is 28.0. The Balaban J connectivity index is 0.971. The van der Waals surface area contributed by atoms with Gasteiger partial charge >= 0.3 is 6.18 Å². The molecule has 2 N–H and O–H groups in total. The lowest BCUT2D eigenvalue weighted by Gasteiger charge is -2.29. The van der Waals surface area contributed by atoms with Crippen molar-refractivity contribution in [2.24, 2.45) is 0 Å². The molecule has 6 rings (SSSR count). The minimum Gasteiger partial charge on any atom is -0.352 e. The molecular formula is C43H37F5N6O4S. The third-order valence-electron chi connectivity index (χ3n) is 10.2. The van der Waals surface area contributed by atoms with E-state index in [9.17, 15) is 36.7 Å². The van der Waals surface area contributed by atoms with Crippen LogP contribution < -0.4 is 20.7 Å². The summed E-state index contributed by atoms with van der Waals surface area (Å²) in [5, 5.41) is 19.5. The number of nitriles is 1. The van der Waals surface area contributed by atoms with E-state index in [2.05, 4.69) is 15.5 Å². The summed E-state index contributed by atoms with van der Waals surface area (Å²) in [5.41, 5.74) is -2.73. The number of amides is 2. The second-order valence-corrected chi connectivity index (χ2v) is 14.9. The third kappa shape index (κ3) is 8.90. The van der Waals surface area contributed by atoms with Crippen molar-refractivity contribution in [3.8, 4) is 6.07 Å². The van der Waals surface area contributed by atoms with Crippen LogP contribution in [0.4, 0.5) is 33.3 Å². The van der Waals surface area contributed by atoms with E-state index >= 15 is 4.39 Å². The number of Topliss-reactive ketones (excluding diaryl/α,β-unsaturated/α-hetero) is 1. The van der Waals surface area contributed by atoms with Crippen LogP contribution in [0.2, 0.25) is 0 Å². The van der Waals surface area contributed by atoms with Gasteiger partial charge in [0.05, 0.1) is 45.1 Å². The number of alkyl halides is 3. The average molecular weight is 829 g/mol. The van der Waals surface area contributed by atoms with Gasteiger partial charge in [0.1, 0.15) is 17.2 Å². The Bertz CT molecular complexity index is 2590. The van der Waals surface area contributed by atoms with Crippen molar-refractivity contribution in [3.63, 3.8) is 0 Å². The van der Waals surface area contributed by atoms with Crippen molar-refractivity contribution in [1.29, 1.82) is 5.26 Å². The number of ketones is 1. The minimum absolute atomic E-state index is 0.0626. The lowest BCUT2D eigenvalue weighted by molar-refractivity contribution is -0.137. The zero-order valence-electron chi connectivity index (χ0n) is 31.9. The van der Waals surface area contributed by atoms with E-state index < -0.39 is 52.1 Å². The molecule has 5 aromatic rings. The van der Waals surface area contributed by atoms with Gasteiger partial charge in [0.25, 0.3) is 17.4 Å². The Labute approximate surface area is 340 Å². The number of aromatic amines is 1. The maximum atomic E-state index is 15.4.